The van der Waals surface area contributed by atoms with E-state index in [0.717, 1.165) is 11.3 Å². The van der Waals surface area contributed by atoms with Crippen LogP contribution in [-0.2, 0) is 23.9 Å². The maximum atomic E-state index is 12.8. The van der Waals surface area contributed by atoms with E-state index in [1.54, 1.807) is 6.92 Å². The minimum absolute atomic E-state index is 0.0315. The van der Waals surface area contributed by atoms with Gasteiger partial charge in [0.25, 0.3) is 11.6 Å². The summed E-state index contributed by atoms with van der Waals surface area (Å²) < 4.78 is 4.99. The second kappa shape index (κ2) is 7.60. The molecule has 162 valence electrons. The van der Waals surface area contributed by atoms with Gasteiger partial charge in [0.2, 0.25) is 11.8 Å². The van der Waals surface area contributed by atoms with E-state index in [-0.39, 0.29) is 35.0 Å². The van der Waals surface area contributed by atoms with Crippen LogP contribution in [0.15, 0.2) is 30.4 Å². The van der Waals surface area contributed by atoms with E-state index < -0.39 is 41.3 Å². The maximum Gasteiger partial charge on any atom is 0.329 e. The van der Waals surface area contributed by atoms with E-state index in [9.17, 15) is 29.3 Å². The summed E-state index contributed by atoms with van der Waals surface area (Å²) in [4.78, 5) is 61.4. The van der Waals surface area contributed by atoms with Gasteiger partial charge in [-0.2, -0.15) is 0 Å². The third-order valence-corrected chi connectivity index (χ3v) is 6.27. The number of amides is 3. The minimum atomic E-state index is -1.14. The molecule has 10 heteroatoms. The lowest BCUT2D eigenvalue weighted by molar-refractivity contribution is -0.385. The number of aryl methyl sites for hydroxylation is 1. The number of imide groups is 1. The Hall–Kier alpha value is -3.56. The number of carbonyl (C=O) groups excluding carboxylic acids is 4. The molecular formula is C21H21N3O7. The molecule has 5 atom stereocenters. The van der Waals surface area contributed by atoms with Gasteiger partial charge in [-0.3, -0.25) is 29.4 Å². The Morgan fingerprint density at radius 2 is 1.84 bits per heavy atom. The molecule has 1 saturated heterocycles. The van der Waals surface area contributed by atoms with Crippen molar-refractivity contribution in [3.05, 3.63) is 46.0 Å². The van der Waals surface area contributed by atoms with Gasteiger partial charge in [0, 0.05) is 17.3 Å². The van der Waals surface area contributed by atoms with Crippen LogP contribution in [0.2, 0.25) is 0 Å². The quantitative estimate of drug-likeness (QED) is 0.239. The smallest absolute Gasteiger partial charge is 0.329 e. The highest BCUT2D eigenvalue weighted by molar-refractivity contribution is 6.09. The Morgan fingerprint density at radius 1 is 1.23 bits per heavy atom. The van der Waals surface area contributed by atoms with Gasteiger partial charge in [0.15, 0.2) is 6.61 Å². The van der Waals surface area contributed by atoms with Crippen LogP contribution in [0.3, 0.4) is 0 Å². The van der Waals surface area contributed by atoms with Gasteiger partial charge in [-0.1, -0.05) is 18.2 Å². The van der Waals surface area contributed by atoms with Crippen LogP contribution in [-0.4, -0.2) is 46.2 Å². The van der Waals surface area contributed by atoms with Crippen molar-refractivity contribution in [3.8, 4) is 0 Å². The molecule has 0 aromatic heterocycles. The number of rotatable bonds is 6. The summed E-state index contributed by atoms with van der Waals surface area (Å²) in [5, 5.41) is 13.4. The second-order valence-corrected chi connectivity index (χ2v) is 8.14. The van der Waals surface area contributed by atoms with Gasteiger partial charge in [0.1, 0.15) is 6.04 Å². The van der Waals surface area contributed by atoms with Gasteiger partial charge in [-0.15, -0.1) is 0 Å². The molecule has 2 bridgehead atoms. The molecule has 1 heterocycles. The van der Waals surface area contributed by atoms with E-state index in [1.165, 1.54) is 25.1 Å². The van der Waals surface area contributed by atoms with Gasteiger partial charge in [-0.05, 0) is 38.2 Å². The first-order valence-electron chi connectivity index (χ1n) is 9.95. The van der Waals surface area contributed by atoms with Crippen molar-refractivity contribution in [2.45, 2.75) is 26.3 Å². The maximum absolute atomic E-state index is 12.8. The van der Waals surface area contributed by atoms with Crippen molar-refractivity contribution in [1.29, 1.82) is 0 Å². The van der Waals surface area contributed by atoms with Crippen LogP contribution >= 0.6 is 0 Å². The van der Waals surface area contributed by atoms with E-state index >= 15 is 0 Å². The Morgan fingerprint density at radius 3 is 2.42 bits per heavy atom. The molecule has 3 aliphatic rings. The highest BCUT2D eigenvalue weighted by Crippen LogP contribution is 2.52. The SMILES string of the molecule is Cc1ccc(NC(=O)COC(=O)[C@H](C)N2C(=O)[C@@H]3[C@@H](C2=O)[C@H]2C=C[C@H]3C2)cc1[N+](=O)[O-]. The van der Waals surface area contributed by atoms with Crippen molar-refractivity contribution < 1.29 is 28.8 Å². The fraction of sp³-hybridized carbons (Fsp3) is 0.429. The predicted octanol–water partition coefficient (Wildman–Crippen LogP) is 1.58. The van der Waals surface area contributed by atoms with Crippen molar-refractivity contribution >= 4 is 35.1 Å². The summed E-state index contributed by atoms with van der Waals surface area (Å²) in [5.41, 5.74) is 0.479. The van der Waals surface area contributed by atoms with Crippen LogP contribution in [0.25, 0.3) is 0 Å². The topological polar surface area (TPSA) is 136 Å². The van der Waals surface area contributed by atoms with E-state index in [4.69, 9.17) is 4.74 Å². The summed E-state index contributed by atoms with van der Waals surface area (Å²) in [7, 11) is 0. The lowest BCUT2D eigenvalue weighted by atomic mass is 9.85. The number of hydrogen-bond acceptors (Lipinski definition) is 7. The highest BCUT2D eigenvalue weighted by Gasteiger charge is 2.60. The van der Waals surface area contributed by atoms with Crippen LogP contribution in [0.1, 0.15) is 18.9 Å². The number of nitrogens with zero attached hydrogens (tertiary/aromatic N) is 2. The van der Waals surface area contributed by atoms with Crippen molar-refractivity contribution in [1.82, 2.24) is 4.90 Å². The number of nitro benzene ring substituents is 1. The molecule has 1 aliphatic heterocycles. The molecule has 2 aliphatic carbocycles. The summed E-state index contributed by atoms with van der Waals surface area (Å²) in [5.74, 6) is -3.07. The zero-order valence-electron chi connectivity index (χ0n) is 16.9. The number of fused-ring (bicyclic) bond motifs is 5. The molecular weight excluding hydrogens is 406 g/mol. The van der Waals surface area contributed by atoms with E-state index in [0.29, 0.717) is 5.56 Å². The van der Waals surface area contributed by atoms with E-state index in [2.05, 4.69) is 5.32 Å². The number of nitrogens with one attached hydrogen (secondary N) is 1. The normalized spacial score (nSPS) is 26.7. The summed E-state index contributed by atoms with van der Waals surface area (Å²) in [6.45, 7) is 2.32. The molecule has 2 fully saturated rings. The second-order valence-electron chi connectivity index (χ2n) is 8.14. The number of anilines is 1. The third kappa shape index (κ3) is 3.47. The minimum Gasteiger partial charge on any atom is -0.454 e. The number of hydrogen-bond donors (Lipinski definition) is 1. The van der Waals surface area contributed by atoms with Gasteiger partial charge in [-0.25, -0.2) is 4.79 Å². The summed E-state index contributed by atoms with van der Waals surface area (Å²) >= 11 is 0. The van der Waals surface area contributed by atoms with Crippen molar-refractivity contribution in [3.63, 3.8) is 0 Å². The average Bonchev–Trinajstić information content (AvgIpc) is 3.40. The zero-order valence-corrected chi connectivity index (χ0v) is 16.9. The highest BCUT2D eigenvalue weighted by atomic mass is 16.6. The number of carbonyl (C=O) groups is 4. The Balaban J connectivity index is 1.34. The lowest BCUT2D eigenvalue weighted by Crippen LogP contribution is -2.45. The molecule has 31 heavy (non-hydrogen) atoms. The van der Waals surface area contributed by atoms with Gasteiger partial charge in [0.05, 0.1) is 16.8 Å². The van der Waals surface area contributed by atoms with Crippen LogP contribution in [0.5, 0.6) is 0 Å². The first kappa shape index (κ1) is 20.7. The summed E-state index contributed by atoms with van der Waals surface area (Å²) in [6.07, 6.45) is 4.71. The van der Waals surface area contributed by atoms with Crippen LogP contribution in [0.4, 0.5) is 11.4 Å². The van der Waals surface area contributed by atoms with E-state index in [1.807, 2.05) is 12.2 Å². The summed E-state index contributed by atoms with van der Waals surface area (Å²) in [6, 6.07) is 3.05. The largest absolute Gasteiger partial charge is 0.454 e. The molecule has 0 spiro atoms. The first-order valence-corrected chi connectivity index (χ1v) is 9.95. The van der Waals surface area contributed by atoms with Crippen molar-refractivity contribution in [2.24, 2.45) is 23.7 Å². The monoisotopic (exact) mass is 427 g/mol. The average molecular weight is 427 g/mol. The number of benzene rings is 1. The molecule has 0 unspecified atom stereocenters. The van der Waals surface area contributed by atoms with Crippen LogP contribution < -0.4 is 5.32 Å². The molecule has 1 aromatic rings. The first-order chi connectivity index (χ1) is 14.7. The molecule has 10 nitrogen and oxygen atoms in total. The zero-order chi connectivity index (χ0) is 22.4. The Kier molecular flexibility index (Phi) is 5.08. The number of ether oxygens (including phenoxy) is 1. The van der Waals surface area contributed by atoms with Crippen LogP contribution in [0, 0.1) is 40.7 Å². The molecule has 0 radical (unpaired) electrons. The fourth-order valence-corrected chi connectivity index (χ4v) is 4.75. The third-order valence-electron chi connectivity index (χ3n) is 6.27. The van der Waals surface area contributed by atoms with Gasteiger partial charge < -0.3 is 10.1 Å². The number of likely N-dealkylation sites (tertiary alicyclic amines) is 1. The molecule has 3 amide bonds. The Bertz CT molecular complexity index is 1000. The molecule has 1 saturated carbocycles. The Labute approximate surface area is 177 Å². The predicted molar refractivity (Wildman–Crippen MR) is 106 cm³/mol. The number of allylic oxidation sites excluding steroid dienone is 2. The van der Waals surface area contributed by atoms with Gasteiger partial charge >= 0.3 is 5.97 Å². The lowest BCUT2D eigenvalue weighted by Gasteiger charge is -2.23. The number of esters is 1. The molecule has 1 N–H and O–H groups in total. The molecule has 4 rings (SSSR count). The standard InChI is InChI=1S/C21H21N3O7/c1-10-3-6-14(8-15(10)24(29)30)22-16(25)9-31-21(28)11(2)23-19(26)17-12-4-5-13(7-12)18(17)20(23)27/h3-6,8,11-13,17-18H,7,9H2,1-2H3,(H,22,25)/t11-,12-,13-,17-,18-/m0/s1. The fourth-order valence-electron chi connectivity index (χ4n) is 4.75. The van der Waals surface area contributed by atoms with Crippen molar-refractivity contribution in [2.75, 3.05) is 11.9 Å². The number of nitro groups is 1. The molecule has 1 aromatic carbocycles.